The number of benzene rings is 1. The molecule has 4 rings (SSSR count). The molecule has 2 aromatic rings. The van der Waals surface area contributed by atoms with Gasteiger partial charge in [-0.3, -0.25) is 9.59 Å². The molecule has 0 N–H and O–H groups in total. The quantitative estimate of drug-likeness (QED) is 0.736. The number of halogens is 2. The van der Waals surface area contributed by atoms with Crippen molar-refractivity contribution < 1.29 is 23.1 Å². The molecule has 2 fully saturated rings. The number of carbonyl (C=O) groups excluding carboxylic acids is 2. The smallest absolute Gasteiger partial charge is 0.276 e. The van der Waals surface area contributed by atoms with E-state index in [1.165, 1.54) is 15.8 Å². The zero-order chi connectivity index (χ0) is 22.2. The summed E-state index contributed by atoms with van der Waals surface area (Å²) in [4.78, 5) is 28.4. The van der Waals surface area contributed by atoms with Gasteiger partial charge < -0.3 is 14.5 Å². The Kier molecular flexibility index (Phi) is 5.74. The predicted octanol–water partition coefficient (Wildman–Crippen LogP) is 1.92. The molecule has 1 atom stereocenters. The van der Waals surface area contributed by atoms with Crippen LogP contribution >= 0.6 is 0 Å². The van der Waals surface area contributed by atoms with Crippen molar-refractivity contribution >= 4 is 11.8 Å². The van der Waals surface area contributed by atoms with E-state index in [0.29, 0.717) is 31.9 Å². The van der Waals surface area contributed by atoms with Crippen molar-refractivity contribution in [1.29, 1.82) is 0 Å². The van der Waals surface area contributed by atoms with Gasteiger partial charge in [0.05, 0.1) is 38.5 Å². The summed E-state index contributed by atoms with van der Waals surface area (Å²) in [5.74, 6) is -3.68. The Morgan fingerprint density at radius 1 is 1.13 bits per heavy atom. The maximum Gasteiger partial charge on any atom is 0.276 e. The Hall–Kier alpha value is -2.88. The highest BCUT2D eigenvalue weighted by Gasteiger charge is 2.47. The molecule has 3 heterocycles. The summed E-state index contributed by atoms with van der Waals surface area (Å²) in [5.41, 5.74) is 2.34. The second kappa shape index (κ2) is 8.33. The van der Waals surface area contributed by atoms with Crippen LogP contribution in [-0.2, 0) is 11.3 Å². The fourth-order valence-electron chi connectivity index (χ4n) is 4.19. The number of likely N-dealkylation sites (tertiary alicyclic amines) is 1. The number of alkyl halides is 2. The number of ether oxygens (including phenoxy) is 1. The zero-order valence-corrected chi connectivity index (χ0v) is 17.6. The highest BCUT2D eigenvalue weighted by atomic mass is 19.3. The molecule has 2 aliphatic heterocycles. The molecule has 8 nitrogen and oxygen atoms in total. The summed E-state index contributed by atoms with van der Waals surface area (Å²) in [6.45, 7) is 4.99. The molecule has 1 aromatic carbocycles. The summed E-state index contributed by atoms with van der Waals surface area (Å²) in [7, 11) is 0. The van der Waals surface area contributed by atoms with Gasteiger partial charge in [-0.1, -0.05) is 22.4 Å². The van der Waals surface area contributed by atoms with E-state index in [-0.39, 0.29) is 18.1 Å². The molecule has 10 heteroatoms. The number of amides is 2. The van der Waals surface area contributed by atoms with Crippen LogP contribution in [0.1, 0.15) is 38.4 Å². The number of morpholine rings is 1. The molecule has 2 aliphatic rings. The lowest BCUT2D eigenvalue weighted by Gasteiger charge is -2.25. The summed E-state index contributed by atoms with van der Waals surface area (Å²) >= 11 is 0. The third kappa shape index (κ3) is 4.73. The molecular formula is C21H25F2N5O3. The Morgan fingerprint density at radius 3 is 2.48 bits per heavy atom. The Morgan fingerprint density at radius 2 is 1.81 bits per heavy atom. The molecule has 0 aliphatic carbocycles. The lowest BCUT2D eigenvalue weighted by atomic mass is 10.1. The Balaban J connectivity index is 1.50. The van der Waals surface area contributed by atoms with Gasteiger partial charge in [0, 0.05) is 25.1 Å². The molecule has 0 saturated carbocycles. The van der Waals surface area contributed by atoms with Gasteiger partial charge in [-0.2, -0.15) is 0 Å². The van der Waals surface area contributed by atoms with Crippen molar-refractivity contribution in [1.82, 2.24) is 24.8 Å². The van der Waals surface area contributed by atoms with E-state index >= 15 is 0 Å². The standard InChI is InChI=1S/C21H25F2N5O3/c1-14-7-15(2)9-16(8-14)19(29)28-13-21(22,23)10-17(28)11-27-12-18(24-25-27)20(30)26-3-5-31-6-4-26/h7-9,12,17H,3-6,10-11,13H2,1-2H3. The van der Waals surface area contributed by atoms with E-state index in [9.17, 15) is 18.4 Å². The van der Waals surface area contributed by atoms with E-state index < -0.39 is 30.8 Å². The highest BCUT2D eigenvalue weighted by molar-refractivity contribution is 5.95. The van der Waals surface area contributed by atoms with Gasteiger partial charge in [-0.25, -0.2) is 13.5 Å². The van der Waals surface area contributed by atoms with Crippen LogP contribution in [0.5, 0.6) is 0 Å². The predicted molar refractivity (Wildman–Crippen MR) is 107 cm³/mol. The molecule has 1 unspecified atom stereocenters. The van der Waals surface area contributed by atoms with Crippen molar-refractivity contribution in [2.24, 2.45) is 0 Å². The first-order valence-electron chi connectivity index (χ1n) is 10.3. The summed E-state index contributed by atoms with van der Waals surface area (Å²) in [5, 5.41) is 7.85. The van der Waals surface area contributed by atoms with Crippen molar-refractivity contribution in [3.05, 3.63) is 46.8 Å². The first-order valence-corrected chi connectivity index (χ1v) is 10.3. The van der Waals surface area contributed by atoms with E-state index in [0.717, 1.165) is 11.1 Å². The van der Waals surface area contributed by atoms with E-state index in [1.807, 2.05) is 19.9 Å². The minimum absolute atomic E-state index is 0.0372. The number of nitrogens with zero attached hydrogens (tertiary/aromatic N) is 5. The van der Waals surface area contributed by atoms with Crippen molar-refractivity contribution in [2.75, 3.05) is 32.8 Å². The fraction of sp³-hybridized carbons (Fsp3) is 0.524. The van der Waals surface area contributed by atoms with Gasteiger partial charge in [0.2, 0.25) is 0 Å². The van der Waals surface area contributed by atoms with Crippen LogP contribution in [0.2, 0.25) is 0 Å². The van der Waals surface area contributed by atoms with Gasteiger partial charge in [-0.05, 0) is 26.0 Å². The van der Waals surface area contributed by atoms with E-state index in [1.54, 1.807) is 17.0 Å². The zero-order valence-electron chi connectivity index (χ0n) is 17.6. The average molecular weight is 433 g/mol. The second-order valence-corrected chi connectivity index (χ2v) is 8.25. The van der Waals surface area contributed by atoms with Crippen LogP contribution in [0.3, 0.4) is 0 Å². The maximum absolute atomic E-state index is 14.2. The number of hydrogen-bond donors (Lipinski definition) is 0. The van der Waals surface area contributed by atoms with Crippen LogP contribution in [-0.4, -0.2) is 81.4 Å². The van der Waals surface area contributed by atoms with E-state index in [4.69, 9.17) is 4.74 Å². The van der Waals surface area contributed by atoms with Crippen LogP contribution in [0.15, 0.2) is 24.4 Å². The normalized spacial score (nSPS) is 20.8. The van der Waals surface area contributed by atoms with Gasteiger partial charge in [-0.15, -0.1) is 5.10 Å². The molecular weight excluding hydrogens is 408 g/mol. The summed E-state index contributed by atoms with van der Waals surface area (Å²) in [6.07, 6.45) is 0.990. The SMILES string of the molecule is Cc1cc(C)cc(C(=O)N2CC(F)(F)CC2Cn2cc(C(=O)N3CCOCC3)nn2)c1. The van der Waals surface area contributed by atoms with E-state index in [2.05, 4.69) is 10.3 Å². The first-order chi connectivity index (χ1) is 14.7. The third-order valence-electron chi connectivity index (χ3n) is 5.56. The van der Waals surface area contributed by atoms with Crippen LogP contribution < -0.4 is 0 Å². The fourth-order valence-corrected chi connectivity index (χ4v) is 4.19. The second-order valence-electron chi connectivity index (χ2n) is 8.25. The molecule has 31 heavy (non-hydrogen) atoms. The monoisotopic (exact) mass is 433 g/mol. The average Bonchev–Trinajstić information content (AvgIpc) is 3.30. The minimum atomic E-state index is -2.98. The highest BCUT2D eigenvalue weighted by Crippen LogP contribution is 2.34. The largest absolute Gasteiger partial charge is 0.378 e. The van der Waals surface area contributed by atoms with Crippen molar-refractivity contribution in [3.63, 3.8) is 0 Å². The number of aromatic nitrogens is 3. The lowest BCUT2D eigenvalue weighted by Crippen LogP contribution is -2.40. The first kappa shape index (κ1) is 21.4. The molecule has 2 amide bonds. The van der Waals surface area contributed by atoms with Crippen molar-refractivity contribution in [2.45, 2.75) is 38.8 Å². The molecule has 0 radical (unpaired) electrons. The molecule has 1 aromatic heterocycles. The number of rotatable bonds is 4. The third-order valence-corrected chi connectivity index (χ3v) is 5.56. The van der Waals surface area contributed by atoms with Crippen LogP contribution in [0, 0.1) is 13.8 Å². The van der Waals surface area contributed by atoms with Gasteiger partial charge in [0.15, 0.2) is 5.69 Å². The number of aryl methyl sites for hydroxylation is 2. The summed E-state index contributed by atoms with van der Waals surface area (Å²) < 4.78 is 35.1. The molecule has 0 spiro atoms. The number of hydrogen-bond acceptors (Lipinski definition) is 5. The molecule has 0 bridgehead atoms. The Bertz CT molecular complexity index is 967. The summed E-state index contributed by atoms with van der Waals surface area (Å²) in [6, 6.07) is 4.58. The van der Waals surface area contributed by atoms with Crippen LogP contribution in [0.4, 0.5) is 8.78 Å². The Labute approximate surface area is 178 Å². The molecule has 166 valence electrons. The van der Waals surface area contributed by atoms with Crippen LogP contribution in [0.25, 0.3) is 0 Å². The minimum Gasteiger partial charge on any atom is -0.378 e. The van der Waals surface area contributed by atoms with Gasteiger partial charge in [0.1, 0.15) is 0 Å². The molecule has 2 saturated heterocycles. The van der Waals surface area contributed by atoms with Gasteiger partial charge in [0.25, 0.3) is 17.7 Å². The van der Waals surface area contributed by atoms with Crippen molar-refractivity contribution in [3.8, 4) is 0 Å². The lowest BCUT2D eigenvalue weighted by molar-refractivity contribution is 0.0117. The topological polar surface area (TPSA) is 80.6 Å². The number of carbonyl (C=O) groups is 2. The van der Waals surface area contributed by atoms with Gasteiger partial charge >= 0.3 is 0 Å². The maximum atomic E-state index is 14.2.